The highest BCUT2D eigenvalue weighted by molar-refractivity contribution is 5.90. The van der Waals surface area contributed by atoms with Crippen molar-refractivity contribution < 1.29 is 28.7 Å². The van der Waals surface area contributed by atoms with E-state index in [1.54, 1.807) is 22.2 Å². The van der Waals surface area contributed by atoms with Gasteiger partial charge in [0, 0.05) is 24.2 Å². The maximum atomic E-state index is 13.5. The lowest BCUT2D eigenvalue weighted by molar-refractivity contribution is -0.136. The molecule has 2 aliphatic rings. The minimum atomic E-state index is -0.692. The largest absolute Gasteiger partial charge is 0.453 e. The van der Waals surface area contributed by atoms with Gasteiger partial charge >= 0.3 is 12.2 Å². The molecule has 4 atom stereocenters. The van der Waals surface area contributed by atoms with Crippen LogP contribution >= 0.6 is 0 Å². The maximum Gasteiger partial charge on any atom is 0.407 e. The van der Waals surface area contributed by atoms with Gasteiger partial charge in [0.05, 0.1) is 50.1 Å². The van der Waals surface area contributed by atoms with Crippen LogP contribution in [0.3, 0.4) is 0 Å². The molecule has 2 aromatic heterocycles. The minimum Gasteiger partial charge on any atom is -0.453 e. The average molecular weight is 713 g/mol. The first-order valence-electron chi connectivity index (χ1n) is 17.9. The molecule has 14 heteroatoms. The Kier molecular flexibility index (Phi) is 10.8. The molecule has 0 saturated carbocycles. The number of nitrogens with one attached hydrogen (secondary N) is 4. The molecule has 2 aliphatic heterocycles. The van der Waals surface area contributed by atoms with Gasteiger partial charge in [-0.15, -0.1) is 0 Å². The number of aromatic amines is 2. The summed E-state index contributed by atoms with van der Waals surface area (Å²) < 4.78 is 9.51. The maximum absolute atomic E-state index is 13.5. The second-order valence-corrected chi connectivity index (χ2v) is 14.2. The summed E-state index contributed by atoms with van der Waals surface area (Å²) in [6.45, 7) is 8.77. The molecule has 0 aliphatic carbocycles. The van der Waals surface area contributed by atoms with Crippen molar-refractivity contribution in [1.82, 2.24) is 40.4 Å². The fourth-order valence-corrected chi connectivity index (χ4v) is 7.27. The van der Waals surface area contributed by atoms with Crippen LogP contribution in [0, 0.1) is 11.8 Å². The molecule has 4 amide bonds. The van der Waals surface area contributed by atoms with E-state index in [-0.39, 0.29) is 35.7 Å². The Morgan fingerprint density at radius 3 is 1.46 bits per heavy atom. The number of alkyl carbamates (subject to hydrolysis) is 2. The first-order valence-corrected chi connectivity index (χ1v) is 17.9. The number of likely N-dealkylation sites (tertiary alicyclic amines) is 2. The topological polar surface area (TPSA) is 175 Å². The third-order valence-corrected chi connectivity index (χ3v) is 10.1. The molecule has 2 saturated heterocycles. The van der Waals surface area contributed by atoms with Gasteiger partial charge in [-0.3, -0.25) is 9.59 Å². The van der Waals surface area contributed by atoms with E-state index in [2.05, 4.69) is 54.8 Å². The number of amides is 4. The minimum absolute atomic E-state index is 0.109. The molecule has 4 N–H and O–H groups in total. The molecule has 6 rings (SSSR count). The molecule has 2 fully saturated rings. The first kappa shape index (κ1) is 36.4. The number of carbonyl (C=O) groups excluding carboxylic acids is 4. The fourth-order valence-electron chi connectivity index (χ4n) is 7.27. The zero-order valence-corrected chi connectivity index (χ0v) is 30.6. The quantitative estimate of drug-likeness (QED) is 0.162. The predicted molar refractivity (Wildman–Crippen MR) is 195 cm³/mol. The molecular weight excluding hydrogens is 664 g/mol. The van der Waals surface area contributed by atoms with Crippen LogP contribution in [0.2, 0.25) is 0 Å². The lowest BCUT2D eigenvalue weighted by Crippen LogP contribution is -2.51. The molecule has 52 heavy (non-hydrogen) atoms. The average Bonchev–Trinajstić information content (AvgIpc) is 3.97. The smallest absolute Gasteiger partial charge is 0.407 e. The zero-order valence-electron chi connectivity index (χ0n) is 30.6. The number of methoxy groups -OCH3 is 2. The van der Waals surface area contributed by atoms with Gasteiger partial charge in [-0.2, -0.15) is 0 Å². The van der Waals surface area contributed by atoms with E-state index in [1.165, 1.54) is 14.2 Å². The number of nitrogens with zero attached hydrogens (tertiary/aromatic N) is 4. The van der Waals surface area contributed by atoms with Crippen molar-refractivity contribution in [2.75, 3.05) is 27.3 Å². The lowest BCUT2D eigenvalue weighted by Gasteiger charge is -2.30. The third kappa shape index (κ3) is 7.46. The van der Waals surface area contributed by atoms with E-state index in [4.69, 9.17) is 9.47 Å². The van der Waals surface area contributed by atoms with Gasteiger partial charge in [0.15, 0.2) is 0 Å². The highest BCUT2D eigenvalue weighted by Gasteiger charge is 2.39. The second-order valence-electron chi connectivity index (χ2n) is 14.2. The van der Waals surface area contributed by atoms with E-state index in [0.717, 1.165) is 59.0 Å². The van der Waals surface area contributed by atoms with Gasteiger partial charge in [0.1, 0.15) is 23.7 Å². The van der Waals surface area contributed by atoms with Crippen LogP contribution in [-0.2, 0) is 19.1 Å². The van der Waals surface area contributed by atoms with Gasteiger partial charge < -0.3 is 39.9 Å². The molecule has 0 radical (unpaired) electrons. The van der Waals surface area contributed by atoms with Crippen molar-refractivity contribution in [2.24, 2.45) is 11.8 Å². The lowest BCUT2D eigenvalue weighted by atomic mass is 10.0. The van der Waals surface area contributed by atoms with Crippen LogP contribution in [0.1, 0.15) is 77.1 Å². The molecule has 2 aromatic carbocycles. The summed E-state index contributed by atoms with van der Waals surface area (Å²) in [6.07, 6.45) is 5.59. The highest BCUT2D eigenvalue weighted by Crippen LogP contribution is 2.35. The van der Waals surface area contributed by atoms with Crippen LogP contribution < -0.4 is 10.6 Å². The van der Waals surface area contributed by atoms with E-state index in [1.807, 2.05) is 39.8 Å². The fraction of sp³-hybridized carbons (Fsp3) is 0.474. The SMILES string of the molecule is COC(=O)N[C@H](C(=O)N1CCC[C@H]1c1ncc(-c2ccc3cc(-c4cnc([C@@H]5CCCN5C(=O)[C@@H](NC(=O)OC)C(C)C)[nH]4)ccc3c2)[nH]1)C(C)C. The van der Waals surface area contributed by atoms with E-state index >= 15 is 0 Å². The number of ether oxygens (including phenoxy) is 2. The van der Waals surface area contributed by atoms with Crippen molar-refractivity contribution in [1.29, 1.82) is 0 Å². The summed E-state index contributed by atoms with van der Waals surface area (Å²) >= 11 is 0. The van der Waals surface area contributed by atoms with Crippen molar-refractivity contribution in [3.05, 3.63) is 60.4 Å². The molecule has 0 spiro atoms. The molecule has 4 aromatic rings. The highest BCUT2D eigenvalue weighted by atomic mass is 16.5. The number of carbonyl (C=O) groups is 4. The predicted octanol–water partition coefficient (Wildman–Crippen LogP) is 5.71. The summed E-state index contributed by atoms with van der Waals surface area (Å²) in [5, 5.41) is 7.49. The third-order valence-electron chi connectivity index (χ3n) is 10.1. The van der Waals surface area contributed by atoms with Gasteiger partial charge in [-0.25, -0.2) is 19.6 Å². The number of fused-ring (bicyclic) bond motifs is 1. The molecule has 14 nitrogen and oxygen atoms in total. The standard InChI is InChI=1S/C38H48N8O6/c1-21(2)31(43-37(49)51-5)35(47)45-15-7-9-29(45)33-39-19-27(41-33)25-13-11-24-18-26(14-12-23(24)17-25)28-20-40-34(42-28)30-10-8-16-46(30)36(48)32(22(3)4)44-38(50)52-6/h11-14,17-22,29-32H,7-10,15-16H2,1-6H3,(H,39,41)(H,40,42)(H,43,49)(H,44,50)/t29-,30-,31-,32-/m0/s1. The number of H-pyrrole nitrogens is 2. The summed E-state index contributed by atoms with van der Waals surface area (Å²) in [5.74, 6) is 0.926. The summed E-state index contributed by atoms with van der Waals surface area (Å²) in [5.41, 5.74) is 3.64. The van der Waals surface area contributed by atoms with Gasteiger partial charge in [-0.05, 0) is 60.4 Å². The molecular formula is C38H48N8O6. The van der Waals surface area contributed by atoms with Crippen LogP contribution in [-0.4, -0.2) is 93.1 Å². The van der Waals surface area contributed by atoms with Crippen LogP contribution in [0.5, 0.6) is 0 Å². The van der Waals surface area contributed by atoms with Crippen molar-refractivity contribution in [2.45, 2.75) is 77.5 Å². The summed E-state index contributed by atoms with van der Waals surface area (Å²) in [7, 11) is 2.57. The molecule has 4 heterocycles. The van der Waals surface area contributed by atoms with Crippen LogP contribution in [0.4, 0.5) is 9.59 Å². The number of hydrogen-bond acceptors (Lipinski definition) is 8. The number of hydrogen-bond donors (Lipinski definition) is 4. The van der Waals surface area contributed by atoms with Gasteiger partial charge in [-0.1, -0.05) is 52.0 Å². The normalized spacial score (nSPS) is 18.5. The Labute approximate surface area is 303 Å². The van der Waals surface area contributed by atoms with E-state index in [0.29, 0.717) is 24.7 Å². The summed E-state index contributed by atoms with van der Waals surface area (Å²) in [6, 6.07) is 10.6. The number of aromatic nitrogens is 4. The van der Waals surface area contributed by atoms with Gasteiger partial charge in [0.25, 0.3) is 0 Å². The second kappa shape index (κ2) is 15.5. The monoisotopic (exact) mass is 712 g/mol. The Morgan fingerprint density at radius 2 is 1.10 bits per heavy atom. The van der Waals surface area contributed by atoms with Gasteiger partial charge in [0.2, 0.25) is 11.8 Å². The Morgan fingerprint density at radius 1 is 0.692 bits per heavy atom. The Hall–Kier alpha value is -5.40. The van der Waals surface area contributed by atoms with Crippen LogP contribution in [0.25, 0.3) is 33.3 Å². The van der Waals surface area contributed by atoms with E-state index < -0.39 is 24.3 Å². The molecule has 276 valence electrons. The Bertz CT molecular complexity index is 1800. The van der Waals surface area contributed by atoms with Crippen LogP contribution in [0.15, 0.2) is 48.8 Å². The first-order chi connectivity index (χ1) is 25.0. The number of rotatable bonds is 10. The zero-order chi connectivity index (χ0) is 37.1. The molecule has 0 unspecified atom stereocenters. The van der Waals surface area contributed by atoms with Crippen molar-refractivity contribution in [3.8, 4) is 22.5 Å². The number of imidazole rings is 2. The van der Waals surface area contributed by atoms with Crippen molar-refractivity contribution >= 4 is 34.8 Å². The Balaban J connectivity index is 1.16. The van der Waals surface area contributed by atoms with E-state index in [9.17, 15) is 19.2 Å². The molecule has 0 bridgehead atoms. The van der Waals surface area contributed by atoms with Crippen molar-refractivity contribution in [3.63, 3.8) is 0 Å². The number of benzene rings is 2. The summed E-state index contributed by atoms with van der Waals surface area (Å²) in [4.78, 5) is 70.9.